The van der Waals surface area contributed by atoms with Gasteiger partial charge in [-0.3, -0.25) is 14.5 Å². The topological polar surface area (TPSA) is 66.8 Å². The summed E-state index contributed by atoms with van der Waals surface area (Å²) < 4.78 is 5.75. The van der Waals surface area contributed by atoms with Crippen molar-refractivity contribution in [3.8, 4) is 0 Å². The van der Waals surface area contributed by atoms with Crippen molar-refractivity contribution in [2.24, 2.45) is 0 Å². The van der Waals surface area contributed by atoms with Gasteiger partial charge in [0.25, 0.3) is 0 Å². The van der Waals surface area contributed by atoms with E-state index in [4.69, 9.17) is 27.9 Å². The minimum absolute atomic E-state index is 0.0995. The molecule has 1 aliphatic carbocycles. The Morgan fingerprint density at radius 2 is 1.74 bits per heavy atom. The number of ether oxygens (including phenoxy) is 1. The zero-order chi connectivity index (χ0) is 19.7. The highest BCUT2D eigenvalue weighted by Crippen LogP contribution is 2.35. The molecule has 0 bridgehead atoms. The third kappa shape index (κ3) is 4.37. The van der Waals surface area contributed by atoms with Crippen molar-refractivity contribution in [1.29, 1.82) is 0 Å². The smallest absolute Gasteiger partial charge is 0.170 e. The van der Waals surface area contributed by atoms with Crippen LogP contribution in [0.3, 0.4) is 0 Å². The minimum Gasteiger partial charge on any atom is -0.506 e. The maximum absolute atomic E-state index is 12.1. The molecule has 1 saturated carbocycles. The van der Waals surface area contributed by atoms with Crippen LogP contribution in [-0.2, 0) is 20.9 Å². The first kappa shape index (κ1) is 20.3. The number of halogens is 2. The molecule has 3 rings (SSSR count). The van der Waals surface area contributed by atoms with Gasteiger partial charge in [-0.15, -0.1) is 0 Å². The molecule has 1 aliphatic heterocycles. The lowest BCUT2D eigenvalue weighted by Crippen LogP contribution is -2.44. The first-order valence-corrected chi connectivity index (χ1v) is 9.88. The van der Waals surface area contributed by atoms with Crippen molar-refractivity contribution < 1.29 is 19.4 Å². The number of carbonyl (C=O) groups is 2. The number of nitrogens with zero attached hydrogens (tertiary/aromatic N) is 1. The maximum Gasteiger partial charge on any atom is 0.170 e. The number of benzene rings is 1. The van der Waals surface area contributed by atoms with E-state index in [0.29, 0.717) is 23.6 Å². The highest BCUT2D eigenvalue weighted by atomic mass is 35.5. The molecule has 2 aliphatic rings. The Morgan fingerprint density at radius 3 is 2.33 bits per heavy atom. The van der Waals surface area contributed by atoms with Crippen molar-refractivity contribution >= 4 is 40.5 Å². The van der Waals surface area contributed by atoms with E-state index in [-0.39, 0.29) is 58.5 Å². The van der Waals surface area contributed by atoms with Crippen molar-refractivity contribution in [3.05, 3.63) is 38.9 Å². The average Bonchev–Trinajstić information content (AvgIpc) is 2.57. The molecular formula is C20H23Cl2NO4. The Labute approximate surface area is 168 Å². The Morgan fingerprint density at radius 1 is 1.15 bits per heavy atom. The monoisotopic (exact) mass is 411 g/mol. The highest BCUT2D eigenvalue weighted by molar-refractivity contribution is 6.37. The quantitative estimate of drug-likeness (QED) is 0.458. The molecule has 2 fully saturated rings. The first-order valence-electron chi connectivity index (χ1n) is 9.12. The number of carbonyl (C=O) groups excluding carboxylic acids is 2. The van der Waals surface area contributed by atoms with Gasteiger partial charge in [0.1, 0.15) is 11.3 Å². The van der Waals surface area contributed by atoms with E-state index in [0.717, 1.165) is 13.1 Å². The molecule has 2 atom stereocenters. The molecule has 7 heteroatoms. The summed E-state index contributed by atoms with van der Waals surface area (Å²) in [5.41, 5.74) is 0.786. The molecule has 5 nitrogen and oxygen atoms in total. The molecule has 1 heterocycles. The lowest BCUT2D eigenvalue weighted by molar-refractivity contribution is -0.123. The fraction of sp³-hybridized carbons (Fsp3) is 0.500. The average molecular weight is 412 g/mol. The van der Waals surface area contributed by atoms with Crippen LogP contribution in [-0.4, -0.2) is 46.9 Å². The summed E-state index contributed by atoms with van der Waals surface area (Å²) >= 11 is 12.9. The minimum atomic E-state index is -0.351. The van der Waals surface area contributed by atoms with Crippen LogP contribution in [0.4, 0.5) is 0 Å². The molecule has 1 aromatic carbocycles. The Bertz CT molecular complexity index is 777. The van der Waals surface area contributed by atoms with Crippen LogP contribution in [0.5, 0.6) is 0 Å². The van der Waals surface area contributed by atoms with Crippen molar-refractivity contribution in [3.63, 3.8) is 0 Å². The standard InChI is InChI=1S/C20H23Cl2NO4/c1-11-8-23(9-12(2)27-11)10-14-15(21)7-6-13(19(14)22)20(26)18-16(24)4-3-5-17(18)25/h6-7,11-12,26H,3-5,8-10H2,1-2H3. The first-order chi connectivity index (χ1) is 12.8. The van der Waals surface area contributed by atoms with E-state index in [9.17, 15) is 14.7 Å². The fourth-order valence-electron chi connectivity index (χ4n) is 3.78. The van der Waals surface area contributed by atoms with Gasteiger partial charge >= 0.3 is 0 Å². The lowest BCUT2D eigenvalue weighted by Gasteiger charge is -2.35. The summed E-state index contributed by atoms with van der Waals surface area (Å²) in [6.07, 6.45) is 1.23. The third-order valence-electron chi connectivity index (χ3n) is 4.92. The molecule has 0 radical (unpaired) electrons. The van der Waals surface area contributed by atoms with Gasteiger partial charge in [0.2, 0.25) is 0 Å². The second kappa shape index (κ2) is 8.31. The van der Waals surface area contributed by atoms with Crippen LogP contribution >= 0.6 is 23.2 Å². The number of allylic oxidation sites excluding steroid dienone is 1. The molecule has 2 unspecified atom stereocenters. The van der Waals surface area contributed by atoms with Crippen LogP contribution < -0.4 is 0 Å². The molecular weight excluding hydrogens is 389 g/mol. The van der Waals surface area contributed by atoms with Crippen LogP contribution in [0.1, 0.15) is 44.2 Å². The highest BCUT2D eigenvalue weighted by Gasteiger charge is 2.29. The van der Waals surface area contributed by atoms with E-state index >= 15 is 0 Å². The Balaban J connectivity index is 1.96. The number of rotatable bonds is 3. The molecule has 0 spiro atoms. The summed E-state index contributed by atoms with van der Waals surface area (Å²) in [6.45, 7) is 6.00. The summed E-state index contributed by atoms with van der Waals surface area (Å²) in [5, 5.41) is 11.4. The summed E-state index contributed by atoms with van der Waals surface area (Å²) in [6, 6.07) is 3.19. The van der Waals surface area contributed by atoms with Gasteiger partial charge in [0, 0.05) is 48.6 Å². The molecule has 1 N–H and O–H groups in total. The zero-order valence-corrected chi connectivity index (χ0v) is 16.9. The number of morpholine rings is 1. The molecule has 0 amide bonds. The normalized spacial score (nSPS) is 24.4. The van der Waals surface area contributed by atoms with Gasteiger partial charge in [-0.1, -0.05) is 23.2 Å². The largest absolute Gasteiger partial charge is 0.506 e. The van der Waals surface area contributed by atoms with Gasteiger partial charge in [-0.05, 0) is 32.4 Å². The second-order valence-corrected chi connectivity index (χ2v) is 8.05. The molecule has 0 aromatic heterocycles. The van der Waals surface area contributed by atoms with Crippen LogP contribution in [0.15, 0.2) is 17.7 Å². The van der Waals surface area contributed by atoms with Gasteiger partial charge < -0.3 is 9.84 Å². The fourth-order valence-corrected chi connectivity index (χ4v) is 4.36. The summed E-state index contributed by atoms with van der Waals surface area (Å²) in [7, 11) is 0. The number of aliphatic hydroxyl groups is 1. The molecule has 27 heavy (non-hydrogen) atoms. The van der Waals surface area contributed by atoms with Gasteiger partial charge in [-0.25, -0.2) is 0 Å². The molecule has 1 saturated heterocycles. The number of ketones is 2. The summed E-state index contributed by atoms with van der Waals surface area (Å²) in [4.78, 5) is 26.5. The molecule has 1 aromatic rings. The van der Waals surface area contributed by atoms with Gasteiger partial charge in [0.05, 0.1) is 17.2 Å². The van der Waals surface area contributed by atoms with E-state index in [2.05, 4.69) is 4.90 Å². The van der Waals surface area contributed by atoms with E-state index in [1.807, 2.05) is 13.8 Å². The van der Waals surface area contributed by atoms with Gasteiger partial charge in [0.15, 0.2) is 11.6 Å². The predicted molar refractivity (Wildman–Crippen MR) is 105 cm³/mol. The number of hydrogen-bond acceptors (Lipinski definition) is 5. The van der Waals surface area contributed by atoms with Crippen LogP contribution in [0.2, 0.25) is 10.0 Å². The van der Waals surface area contributed by atoms with Crippen molar-refractivity contribution in [2.45, 2.75) is 51.9 Å². The van der Waals surface area contributed by atoms with Crippen LogP contribution in [0.25, 0.3) is 5.76 Å². The zero-order valence-electron chi connectivity index (χ0n) is 15.4. The number of aliphatic hydroxyl groups excluding tert-OH is 1. The maximum atomic E-state index is 12.1. The molecule has 146 valence electrons. The Kier molecular flexibility index (Phi) is 6.26. The van der Waals surface area contributed by atoms with Gasteiger partial charge in [-0.2, -0.15) is 0 Å². The van der Waals surface area contributed by atoms with Crippen molar-refractivity contribution in [2.75, 3.05) is 13.1 Å². The number of hydrogen-bond donors (Lipinski definition) is 1. The predicted octanol–water partition coefficient (Wildman–Crippen LogP) is 4.19. The lowest BCUT2D eigenvalue weighted by atomic mass is 9.89. The summed E-state index contributed by atoms with van der Waals surface area (Å²) in [5.74, 6) is -1.03. The van der Waals surface area contributed by atoms with Crippen LogP contribution in [0, 0.1) is 0 Å². The number of Topliss-reactive ketones (excluding diaryl/α,β-unsaturated/α-hetero) is 2. The van der Waals surface area contributed by atoms with E-state index in [1.54, 1.807) is 12.1 Å². The van der Waals surface area contributed by atoms with E-state index in [1.165, 1.54) is 0 Å². The second-order valence-electron chi connectivity index (χ2n) is 7.26. The van der Waals surface area contributed by atoms with Crippen molar-refractivity contribution in [1.82, 2.24) is 4.90 Å². The Hall–Kier alpha value is -1.40. The third-order valence-corrected chi connectivity index (χ3v) is 5.71. The SMILES string of the molecule is CC1CN(Cc2c(Cl)ccc(C(O)=C3C(=O)CCCC3=O)c2Cl)CC(C)O1. The van der Waals surface area contributed by atoms with E-state index < -0.39 is 0 Å².